The first-order chi connectivity index (χ1) is 14.4. The van der Waals surface area contributed by atoms with Gasteiger partial charge in [-0.3, -0.25) is 9.88 Å². The van der Waals surface area contributed by atoms with Gasteiger partial charge in [-0.15, -0.1) is 0 Å². The number of fused-ring (bicyclic) bond motifs is 1. The van der Waals surface area contributed by atoms with Gasteiger partial charge in [0.25, 0.3) is 0 Å². The van der Waals surface area contributed by atoms with Crippen molar-refractivity contribution in [1.82, 2.24) is 9.88 Å². The third-order valence-electron chi connectivity index (χ3n) is 5.18. The number of hydrogen-bond acceptors (Lipinski definition) is 4. The Kier molecular flexibility index (Phi) is 5.74. The minimum Gasteiger partial charge on any atom is -0.492 e. The fraction of sp³-hybridized carbons (Fsp3) is 0.261. The normalized spacial score (nSPS) is 15.7. The molecule has 0 saturated carbocycles. The van der Waals surface area contributed by atoms with Crippen molar-refractivity contribution in [1.29, 1.82) is 0 Å². The summed E-state index contributed by atoms with van der Waals surface area (Å²) in [5.74, 6) is 0.684. The van der Waals surface area contributed by atoms with Crippen LogP contribution in [0.5, 0.6) is 5.75 Å². The molecule has 4 rings (SSSR count). The van der Waals surface area contributed by atoms with Gasteiger partial charge >= 0.3 is 6.18 Å². The largest absolute Gasteiger partial charge is 0.492 e. The van der Waals surface area contributed by atoms with Crippen molar-refractivity contribution in [3.8, 4) is 5.75 Å². The van der Waals surface area contributed by atoms with Crippen molar-refractivity contribution >= 4 is 0 Å². The van der Waals surface area contributed by atoms with E-state index in [-0.39, 0.29) is 12.1 Å². The second kappa shape index (κ2) is 8.45. The molecule has 156 valence electrons. The molecule has 1 N–H and O–H groups in total. The molecule has 0 saturated heterocycles. The van der Waals surface area contributed by atoms with Gasteiger partial charge in [-0.1, -0.05) is 30.3 Å². The van der Waals surface area contributed by atoms with Crippen LogP contribution in [-0.4, -0.2) is 28.1 Å². The topological polar surface area (TPSA) is 45.6 Å². The van der Waals surface area contributed by atoms with E-state index in [0.29, 0.717) is 36.6 Å². The van der Waals surface area contributed by atoms with Crippen LogP contribution in [0.4, 0.5) is 13.2 Å². The number of ether oxygens (including phenoxy) is 1. The Labute approximate surface area is 172 Å². The van der Waals surface area contributed by atoms with Crippen LogP contribution in [0.25, 0.3) is 0 Å². The summed E-state index contributed by atoms with van der Waals surface area (Å²) >= 11 is 0. The fourth-order valence-corrected chi connectivity index (χ4v) is 3.68. The van der Waals surface area contributed by atoms with Crippen LogP contribution in [0.3, 0.4) is 0 Å². The maximum Gasteiger partial charge on any atom is 0.416 e. The van der Waals surface area contributed by atoms with Gasteiger partial charge in [0.15, 0.2) is 0 Å². The molecule has 1 aliphatic heterocycles. The first-order valence-electron chi connectivity index (χ1n) is 9.63. The number of halogens is 3. The molecule has 4 nitrogen and oxygen atoms in total. The van der Waals surface area contributed by atoms with Crippen molar-refractivity contribution in [3.05, 3.63) is 94.8 Å². The average Bonchev–Trinajstić information content (AvgIpc) is 2.94. The summed E-state index contributed by atoms with van der Waals surface area (Å²) in [5.41, 5.74) is 1.81. The SMILES string of the molecule is OC(c1cccnc1)c1ccc2c(c1)CN(Cc1ccccc1C(F)(F)F)CCO2. The maximum atomic E-state index is 13.3. The summed E-state index contributed by atoms with van der Waals surface area (Å²) in [6.45, 7) is 1.47. The summed E-state index contributed by atoms with van der Waals surface area (Å²) in [6, 6.07) is 14.6. The van der Waals surface area contributed by atoms with Crippen LogP contribution in [-0.2, 0) is 19.3 Å². The minimum atomic E-state index is -4.39. The highest BCUT2D eigenvalue weighted by Gasteiger charge is 2.33. The zero-order valence-electron chi connectivity index (χ0n) is 16.1. The molecule has 1 aromatic heterocycles. The molecule has 0 amide bonds. The second-order valence-electron chi connectivity index (χ2n) is 7.27. The number of pyridine rings is 1. The molecule has 0 bridgehead atoms. The third-order valence-corrected chi connectivity index (χ3v) is 5.18. The Hall–Kier alpha value is -2.90. The molecule has 2 heterocycles. The number of aliphatic hydroxyl groups excluding tert-OH is 1. The highest BCUT2D eigenvalue weighted by Crippen LogP contribution is 2.34. The molecule has 0 fully saturated rings. The Morgan fingerprint density at radius 2 is 1.90 bits per heavy atom. The minimum absolute atomic E-state index is 0.161. The Bertz CT molecular complexity index is 1010. The number of aliphatic hydroxyl groups is 1. The zero-order valence-corrected chi connectivity index (χ0v) is 16.1. The summed E-state index contributed by atoms with van der Waals surface area (Å²) in [7, 11) is 0. The Morgan fingerprint density at radius 1 is 1.07 bits per heavy atom. The van der Waals surface area contributed by atoms with Crippen molar-refractivity contribution in [2.45, 2.75) is 25.4 Å². The molecular weight excluding hydrogens is 393 g/mol. The molecule has 7 heteroatoms. The van der Waals surface area contributed by atoms with Gasteiger partial charge in [0.1, 0.15) is 18.5 Å². The predicted molar refractivity (Wildman–Crippen MR) is 106 cm³/mol. The Morgan fingerprint density at radius 3 is 2.67 bits per heavy atom. The predicted octanol–water partition coefficient (Wildman–Crippen LogP) is 4.58. The number of nitrogens with zero attached hydrogens (tertiary/aromatic N) is 2. The molecule has 3 aromatic rings. The van der Waals surface area contributed by atoms with Gasteiger partial charge in [0, 0.05) is 43.2 Å². The molecule has 30 heavy (non-hydrogen) atoms. The van der Waals surface area contributed by atoms with Crippen LogP contribution < -0.4 is 4.74 Å². The van der Waals surface area contributed by atoms with E-state index in [0.717, 1.165) is 11.6 Å². The number of alkyl halides is 3. The van der Waals surface area contributed by atoms with E-state index in [4.69, 9.17) is 4.74 Å². The van der Waals surface area contributed by atoms with E-state index in [1.165, 1.54) is 12.1 Å². The molecule has 2 aromatic carbocycles. The summed E-state index contributed by atoms with van der Waals surface area (Å²) < 4.78 is 45.8. The molecule has 1 aliphatic rings. The van der Waals surface area contributed by atoms with Gasteiger partial charge in [-0.05, 0) is 35.4 Å². The van der Waals surface area contributed by atoms with E-state index < -0.39 is 17.8 Å². The molecular formula is C23H21F3N2O2. The maximum absolute atomic E-state index is 13.3. The van der Waals surface area contributed by atoms with Crippen LogP contribution in [0.2, 0.25) is 0 Å². The van der Waals surface area contributed by atoms with Crippen molar-refractivity contribution in [2.24, 2.45) is 0 Å². The molecule has 1 unspecified atom stereocenters. The van der Waals surface area contributed by atoms with Crippen LogP contribution in [0.1, 0.15) is 33.9 Å². The lowest BCUT2D eigenvalue weighted by molar-refractivity contribution is -0.138. The van der Waals surface area contributed by atoms with Crippen LogP contribution >= 0.6 is 0 Å². The van der Waals surface area contributed by atoms with Gasteiger partial charge in [0.2, 0.25) is 0 Å². The van der Waals surface area contributed by atoms with Gasteiger partial charge in [0.05, 0.1) is 5.56 Å². The van der Waals surface area contributed by atoms with Gasteiger partial charge < -0.3 is 9.84 Å². The van der Waals surface area contributed by atoms with E-state index in [1.807, 2.05) is 11.0 Å². The quantitative estimate of drug-likeness (QED) is 0.679. The fourth-order valence-electron chi connectivity index (χ4n) is 3.68. The van der Waals surface area contributed by atoms with Crippen molar-refractivity contribution in [3.63, 3.8) is 0 Å². The number of aromatic nitrogens is 1. The lowest BCUT2D eigenvalue weighted by atomic mass is 10.00. The standard InChI is InChI=1S/C23H21F3N2O2/c24-23(25,26)20-6-2-1-4-18(20)14-28-10-11-30-21-8-7-16(12-19(21)15-28)22(29)17-5-3-9-27-13-17/h1-9,12-13,22,29H,10-11,14-15H2. The first-order valence-corrected chi connectivity index (χ1v) is 9.63. The highest BCUT2D eigenvalue weighted by molar-refractivity contribution is 5.41. The van der Waals surface area contributed by atoms with Crippen LogP contribution in [0.15, 0.2) is 67.0 Å². The van der Waals surface area contributed by atoms with E-state index in [9.17, 15) is 18.3 Å². The van der Waals surface area contributed by atoms with Gasteiger partial charge in [-0.25, -0.2) is 0 Å². The molecule has 0 aliphatic carbocycles. The average molecular weight is 414 g/mol. The lowest BCUT2D eigenvalue weighted by Crippen LogP contribution is -2.26. The monoisotopic (exact) mass is 414 g/mol. The Balaban J connectivity index is 1.58. The van der Waals surface area contributed by atoms with Crippen molar-refractivity contribution < 1.29 is 23.0 Å². The molecule has 0 spiro atoms. The van der Waals surface area contributed by atoms with E-state index in [1.54, 1.807) is 42.7 Å². The number of rotatable bonds is 4. The smallest absolute Gasteiger partial charge is 0.416 e. The summed E-state index contributed by atoms with van der Waals surface area (Å²) in [5, 5.41) is 10.7. The third kappa shape index (κ3) is 4.47. The molecule has 1 atom stereocenters. The summed E-state index contributed by atoms with van der Waals surface area (Å²) in [4.78, 5) is 5.96. The van der Waals surface area contributed by atoms with E-state index >= 15 is 0 Å². The second-order valence-corrected chi connectivity index (χ2v) is 7.27. The highest BCUT2D eigenvalue weighted by atomic mass is 19.4. The zero-order chi connectivity index (χ0) is 21.1. The number of hydrogen-bond donors (Lipinski definition) is 1. The van der Waals surface area contributed by atoms with E-state index in [2.05, 4.69) is 4.98 Å². The first kappa shape index (κ1) is 20.4. The summed E-state index contributed by atoms with van der Waals surface area (Å²) in [6.07, 6.45) is -1.99. The van der Waals surface area contributed by atoms with Crippen LogP contribution in [0, 0.1) is 0 Å². The number of benzene rings is 2. The lowest BCUT2D eigenvalue weighted by Gasteiger charge is -2.22. The molecule has 0 radical (unpaired) electrons. The van der Waals surface area contributed by atoms with Crippen molar-refractivity contribution in [2.75, 3.05) is 13.2 Å². The van der Waals surface area contributed by atoms with Gasteiger partial charge in [-0.2, -0.15) is 13.2 Å².